The Balaban J connectivity index is 2.23. The Labute approximate surface area is 115 Å². The molecule has 2 rings (SSSR count). The van der Waals surface area contributed by atoms with Gasteiger partial charge < -0.3 is 5.11 Å². The minimum atomic E-state index is -3.58. The summed E-state index contributed by atoms with van der Waals surface area (Å²) in [6, 6.07) is -0.0634. The average Bonchev–Trinajstić information content (AvgIpc) is 2.77. The lowest BCUT2D eigenvalue weighted by atomic mass is 10.4. The largest absolute Gasteiger partial charge is 0.480 e. The molecule has 0 spiro atoms. The molecule has 1 aliphatic rings. The second kappa shape index (κ2) is 5.51. The molecule has 0 radical (unpaired) electrons. The van der Waals surface area contributed by atoms with Gasteiger partial charge in [-0.05, 0) is 6.92 Å². The summed E-state index contributed by atoms with van der Waals surface area (Å²) in [5.41, 5.74) is 0. The van der Waals surface area contributed by atoms with Crippen molar-refractivity contribution in [2.75, 3.05) is 18.1 Å². The maximum atomic E-state index is 12.4. The number of sulfonamides is 1. The van der Waals surface area contributed by atoms with Gasteiger partial charge in [0, 0.05) is 30.3 Å². The molecular formula is C10H15N3O4S2. The van der Waals surface area contributed by atoms with Gasteiger partial charge in [0.15, 0.2) is 0 Å². The van der Waals surface area contributed by atoms with E-state index < -0.39 is 16.0 Å². The van der Waals surface area contributed by atoms with Crippen molar-refractivity contribution in [2.24, 2.45) is 0 Å². The highest BCUT2D eigenvalue weighted by atomic mass is 32.2. The first-order valence-electron chi connectivity index (χ1n) is 5.75. The van der Waals surface area contributed by atoms with E-state index in [1.165, 1.54) is 16.7 Å². The normalized spacial score (nSPS) is 21.4. The minimum absolute atomic E-state index is 0.0486. The standard InChI is InChI=1S/C10H15N3O4S2/c1-8-7-18-3-2-13(8)19(16,17)9-4-11-12(5-9)6-10(14)15/h4-5,8H,2-3,6-7H2,1H3,(H,14,15). The fourth-order valence-corrected chi connectivity index (χ4v) is 4.72. The third kappa shape index (κ3) is 3.10. The highest BCUT2D eigenvalue weighted by molar-refractivity contribution is 7.99. The molecule has 1 N–H and O–H groups in total. The first-order chi connectivity index (χ1) is 8.91. The van der Waals surface area contributed by atoms with Gasteiger partial charge in [-0.2, -0.15) is 21.2 Å². The van der Waals surface area contributed by atoms with E-state index in [-0.39, 0.29) is 17.5 Å². The summed E-state index contributed by atoms with van der Waals surface area (Å²) >= 11 is 1.73. The Morgan fingerprint density at radius 1 is 1.63 bits per heavy atom. The fraction of sp³-hybridized carbons (Fsp3) is 0.600. The van der Waals surface area contributed by atoms with Gasteiger partial charge in [-0.15, -0.1) is 0 Å². The van der Waals surface area contributed by atoms with E-state index in [0.717, 1.165) is 16.2 Å². The summed E-state index contributed by atoms with van der Waals surface area (Å²) in [4.78, 5) is 10.6. The predicted molar refractivity (Wildman–Crippen MR) is 70.5 cm³/mol. The quantitative estimate of drug-likeness (QED) is 0.848. The topological polar surface area (TPSA) is 92.5 Å². The number of hydrogen-bond acceptors (Lipinski definition) is 5. The Morgan fingerprint density at radius 3 is 3.00 bits per heavy atom. The molecule has 106 valence electrons. The first-order valence-corrected chi connectivity index (χ1v) is 8.34. The molecular weight excluding hydrogens is 290 g/mol. The van der Waals surface area contributed by atoms with E-state index in [0.29, 0.717) is 6.54 Å². The molecule has 1 atom stereocenters. The van der Waals surface area contributed by atoms with Crippen LogP contribution in [0.2, 0.25) is 0 Å². The van der Waals surface area contributed by atoms with Crippen molar-refractivity contribution in [3.05, 3.63) is 12.4 Å². The Hall–Kier alpha value is -1.06. The highest BCUT2D eigenvalue weighted by Gasteiger charge is 2.32. The van der Waals surface area contributed by atoms with Crippen molar-refractivity contribution in [2.45, 2.75) is 24.4 Å². The summed E-state index contributed by atoms with van der Waals surface area (Å²) in [6.07, 6.45) is 2.46. The molecule has 1 unspecified atom stereocenters. The van der Waals surface area contributed by atoms with E-state index in [9.17, 15) is 13.2 Å². The summed E-state index contributed by atoms with van der Waals surface area (Å²) in [7, 11) is -3.58. The summed E-state index contributed by atoms with van der Waals surface area (Å²) < 4.78 is 27.4. The minimum Gasteiger partial charge on any atom is -0.480 e. The van der Waals surface area contributed by atoms with E-state index >= 15 is 0 Å². The van der Waals surface area contributed by atoms with Gasteiger partial charge in [-0.25, -0.2) is 8.42 Å². The van der Waals surface area contributed by atoms with Crippen LogP contribution in [0.4, 0.5) is 0 Å². The number of rotatable bonds is 4. The van der Waals surface area contributed by atoms with E-state index in [1.54, 1.807) is 11.8 Å². The molecule has 0 saturated carbocycles. The Kier molecular flexibility index (Phi) is 4.16. The molecule has 0 amide bonds. The van der Waals surface area contributed by atoms with Crippen molar-refractivity contribution in [3.8, 4) is 0 Å². The van der Waals surface area contributed by atoms with Crippen LogP contribution in [0.25, 0.3) is 0 Å². The van der Waals surface area contributed by atoms with Gasteiger partial charge in [0.1, 0.15) is 11.4 Å². The maximum Gasteiger partial charge on any atom is 0.325 e. The molecule has 2 heterocycles. The molecule has 0 aliphatic carbocycles. The second-order valence-corrected chi connectivity index (χ2v) is 7.35. The lowest BCUT2D eigenvalue weighted by Gasteiger charge is -2.31. The maximum absolute atomic E-state index is 12.4. The zero-order valence-electron chi connectivity index (χ0n) is 10.4. The molecule has 9 heteroatoms. The first kappa shape index (κ1) is 14.4. The summed E-state index contributed by atoms with van der Waals surface area (Å²) in [6.45, 7) is 1.99. The van der Waals surface area contributed by atoms with Crippen LogP contribution >= 0.6 is 11.8 Å². The van der Waals surface area contributed by atoms with Crippen molar-refractivity contribution in [1.29, 1.82) is 0 Å². The van der Waals surface area contributed by atoms with Crippen LogP contribution in [0.3, 0.4) is 0 Å². The fourth-order valence-electron chi connectivity index (χ4n) is 1.91. The van der Waals surface area contributed by atoms with Crippen LogP contribution in [0.5, 0.6) is 0 Å². The number of carboxylic acid groups (broad SMARTS) is 1. The third-order valence-corrected chi connectivity index (χ3v) is 5.98. The van der Waals surface area contributed by atoms with Crippen molar-refractivity contribution < 1.29 is 18.3 Å². The molecule has 0 bridgehead atoms. The average molecular weight is 305 g/mol. The third-order valence-electron chi connectivity index (χ3n) is 2.82. The summed E-state index contributed by atoms with van der Waals surface area (Å²) in [5, 5.41) is 12.4. The molecule has 1 aromatic rings. The zero-order chi connectivity index (χ0) is 14.0. The molecule has 1 aliphatic heterocycles. The van der Waals surface area contributed by atoms with Gasteiger partial charge in [-0.3, -0.25) is 9.48 Å². The van der Waals surface area contributed by atoms with E-state index in [1.807, 2.05) is 6.92 Å². The SMILES string of the molecule is CC1CSCCN1S(=O)(=O)c1cnn(CC(=O)O)c1. The number of nitrogens with zero attached hydrogens (tertiary/aromatic N) is 3. The van der Waals surface area contributed by atoms with Gasteiger partial charge in [0.25, 0.3) is 0 Å². The van der Waals surface area contributed by atoms with Crippen molar-refractivity contribution in [1.82, 2.24) is 14.1 Å². The van der Waals surface area contributed by atoms with Crippen molar-refractivity contribution in [3.63, 3.8) is 0 Å². The second-order valence-electron chi connectivity index (χ2n) is 4.31. The van der Waals surface area contributed by atoms with Crippen LogP contribution in [0.1, 0.15) is 6.92 Å². The Morgan fingerprint density at radius 2 is 2.37 bits per heavy atom. The lowest BCUT2D eigenvalue weighted by molar-refractivity contribution is -0.137. The number of aliphatic carboxylic acids is 1. The number of carboxylic acids is 1. The van der Waals surface area contributed by atoms with Crippen LogP contribution in [0.15, 0.2) is 17.3 Å². The number of hydrogen-bond donors (Lipinski definition) is 1. The van der Waals surface area contributed by atoms with Crippen LogP contribution < -0.4 is 0 Å². The van der Waals surface area contributed by atoms with Crippen LogP contribution in [-0.2, 0) is 21.4 Å². The van der Waals surface area contributed by atoms with E-state index in [2.05, 4.69) is 5.10 Å². The van der Waals surface area contributed by atoms with Crippen molar-refractivity contribution >= 4 is 27.8 Å². The van der Waals surface area contributed by atoms with Gasteiger partial charge >= 0.3 is 5.97 Å². The van der Waals surface area contributed by atoms with Crippen LogP contribution in [0, 0.1) is 0 Å². The monoisotopic (exact) mass is 305 g/mol. The molecule has 1 aromatic heterocycles. The number of thioether (sulfide) groups is 1. The number of aromatic nitrogens is 2. The van der Waals surface area contributed by atoms with Gasteiger partial charge in [0.05, 0.1) is 6.20 Å². The predicted octanol–water partition coefficient (Wildman–Crippen LogP) is 0.0937. The molecule has 1 saturated heterocycles. The zero-order valence-corrected chi connectivity index (χ0v) is 12.0. The van der Waals surface area contributed by atoms with Gasteiger partial charge in [0.2, 0.25) is 10.0 Å². The molecule has 7 nitrogen and oxygen atoms in total. The van der Waals surface area contributed by atoms with E-state index in [4.69, 9.17) is 5.11 Å². The summed E-state index contributed by atoms with van der Waals surface area (Å²) in [5.74, 6) is 0.477. The van der Waals surface area contributed by atoms with Gasteiger partial charge in [-0.1, -0.05) is 0 Å². The lowest BCUT2D eigenvalue weighted by Crippen LogP contribution is -2.44. The molecule has 0 aromatic carbocycles. The Bertz CT molecular complexity index is 569. The smallest absolute Gasteiger partial charge is 0.325 e. The molecule has 1 fully saturated rings. The molecule has 19 heavy (non-hydrogen) atoms. The van der Waals surface area contributed by atoms with Crippen LogP contribution in [-0.4, -0.2) is 57.7 Å². The number of carbonyl (C=O) groups is 1. The highest BCUT2D eigenvalue weighted by Crippen LogP contribution is 2.23.